The van der Waals surface area contributed by atoms with Crippen LogP contribution in [0.5, 0.6) is 0 Å². The molecule has 0 spiro atoms. The first kappa shape index (κ1) is 14.0. The standard InChI is InChI=1S/C12H22N2O3/c1-2-3-11(15)14-8-5-10(6-9-14)13-7-4-12(16)17/h10,13H,2-9H2,1H3,(H,16,17). The van der Waals surface area contributed by atoms with Gasteiger partial charge in [0.2, 0.25) is 5.91 Å². The van der Waals surface area contributed by atoms with Crippen molar-refractivity contribution in [2.24, 2.45) is 0 Å². The number of nitrogens with one attached hydrogen (secondary N) is 1. The maximum Gasteiger partial charge on any atom is 0.304 e. The Balaban J connectivity index is 2.17. The van der Waals surface area contributed by atoms with Crippen molar-refractivity contribution in [2.75, 3.05) is 19.6 Å². The Morgan fingerprint density at radius 3 is 2.47 bits per heavy atom. The van der Waals surface area contributed by atoms with E-state index in [1.54, 1.807) is 0 Å². The van der Waals surface area contributed by atoms with Gasteiger partial charge >= 0.3 is 5.97 Å². The lowest BCUT2D eigenvalue weighted by atomic mass is 10.0. The van der Waals surface area contributed by atoms with Crippen LogP contribution in [-0.4, -0.2) is 47.6 Å². The average molecular weight is 242 g/mol. The van der Waals surface area contributed by atoms with Crippen LogP contribution in [0.3, 0.4) is 0 Å². The SMILES string of the molecule is CCCC(=O)N1CCC(NCCC(=O)O)CC1. The molecule has 1 amide bonds. The van der Waals surface area contributed by atoms with E-state index in [2.05, 4.69) is 5.32 Å². The minimum absolute atomic E-state index is 0.162. The zero-order chi connectivity index (χ0) is 12.7. The molecule has 0 aromatic heterocycles. The zero-order valence-corrected chi connectivity index (χ0v) is 10.4. The third-order valence-corrected chi connectivity index (χ3v) is 3.08. The zero-order valence-electron chi connectivity index (χ0n) is 10.4. The number of carboxylic acids is 1. The predicted molar refractivity (Wildman–Crippen MR) is 64.8 cm³/mol. The number of rotatable bonds is 6. The topological polar surface area (TPSA) is 69.6 Å². The predicted octanol–water partition coefficient (Wildman–Crippen LogP) is 0.842. The highest BCUT2D eigenvalue weighted by Gasteiger charge is 2.21. The smallest absolute Gasteiger partial charge is 0.304 e. The van der Waals surface area contributed by atoms with Crippen molar-refractivity contribution >= 4 is 11.9 Å². The van der Waals surface area contributed by atoms with Crippen LogP contribution >= 0.6 is 0 Å². The quantitative estimate of drug-likeness (QED) is 0.724. The lowest BCUT2D eigenvalue weighted by Gasteiger charge is -2.32. The number of carbonyl (C=O) groups is 2. The number of likely N-dealkylation sites (tertiary alicyclic amines) is 1. The molecule has 5 nitrogen and oxygen atoms in total. The fourth-order valence-corrected chi connectivity index (χ4v) is 2.09. The van der Waals surface area contributed by atoms with E-state index in [-0.39, 0.29) is 12.3 Å². The highest BCUT2D eigenvalue weighted by molar-refractivity contribution is 5.76. The van der Waals surface area contributed by atoms with Crippen LogP contribution in [0.2, 0.25) is 0 Å². The van der Waals surface area contributed by atoms with E-state index in [1.165, 1.54) is 0 Å². The Morgan fingerprint density at radius 2 is 1.94 bits per heavy atom. The molecule has 0 saturated carbocycles. The summed E-state index contributed by atoms with van der Waals surface area (Å²) in [6.07, 6.45) is 3.55. The Bertz CT molecular complexity index is 260. The van der Waals surface area contributed by atoms with Gasteiger partial charge in [0.1, 0.15) is 0 Å². The van der Waals surface area contributed by atoms with Gasteiger partial charge in [-0.3, -0.25) is 9.59 Å². The van der Waals surface area contributed by atoms with Crippen LogP contribution in [0.15, 0.2) is 0 Å². The van der Waals surface area contributed by atoms with Crippen molar-refractivity contribution in [1.29, 1.82) is 0 Å². The molecule has 0 unspecified atom stereocenters. The molecule has 1 heterocycles. The summed E-state index contributed by atoms with van der Waals surface area (Å²) in [5.41, 5.74) is 0. The normalized spacial score (nSPS) is 17.1. The molecule has 1 aliphatic rings. The third kappa shape index (κ3) is 5.17. The Morgan fingerprint density at radius 1 is 1.29 bits per heavy atom. The maximum atomic E-state index is 11.6. The van der Waals surface area contributed by atoms with E-state index in [9.17, 15) is 9.59 Å². The lowest BCUT2D eigenvalue weighted by molar-refractivity contribution is -0.136. The van der Waals surface area contributed by atoms with Gasteiger partial charge in [-0.15, -0.1) is 0 Å². The minimum atomic E-state index is -0.770. The second-order valence-corrected chi connectivity index (χ2v) is 4.50. The maximum absolute atomic E-state index is 11.6. The van der Waals surface area contributed by atoms with Gasteiger partial charge in [0, 0.05) is 32.1 Å². The van der Waals surface area contributed by atoms with E-state index in [0.29, 0.717) is 19.0 Å². The minimum Gasteiger partial charge on any atom is -0.481 e. The number of amides is 1. The first-order valence-corrected chi connectivity index (χ1v) is 6.36. The van der Waals surface area contributed by atoms with E-state index < -0.39 is 5.97 Å². The van der Waals surface area contributed by atoms with Crippen molar-refractivity contribution in [3.63, 3.8) is 0 Å². The highest BCUT2D eigenvalue weighted by atomic mass is 16.4. The Hall–Kier alpha value is -1.10. The first-order chi connectivity index (χ1) is 8.13. The number of hydrogen-bond acceptors (Lipinski definition) is 3. The molecular formula is C12H22N2O3. The van der Waals surface area contributed by atoms with Crippen molar-refractivity contribution in [1.82, 2.24) is 10.2 Å². The fourth-order valence-electron chi connectivity index (χ4n) is 2.09. The lowest BCUT2D eigenvalue weighted by Crippen LogP contribution is -2.45. The van der Waals surface area contributed by atoms with Crippen LogP contribution in [0.1, 0.15) is 39.0 Å². The molecule has 0 aromatic rings. The molecule has 98 valence electrons. The number of hydrogen-bond donors (Lipinski definition) is 2. The van der Waals surface area contributed by atoms with Crippen LogP contribution < -0.4 is 5.32 Å². The second-order valence-electron chi connectivity index (χ2n) is 4.50. The summed E-state index contributed by atoms with van der Waals surface area (Å²) < 4.78 is 0. The summed E-state index contributed by atoms with van der Waals surface area (Å²) in [5.74, 6) is -0.524. The van der Waals surface area contributed by atoms with E-state index in [1.807, 2.05) is 11.8 Å². The van der Waals surface area contributed by atoms with Gasteiger partial charge < -0.3 is 15.3 Å². The van der Waals surface area contributed by atoms with Crippen molar-refractivity contribution < 1.29 is 14.7 Å². The monoisotopic (exact) mass is 242 g/mol. The molecule has 1 rings (SSSR count). The molecule has 1 fully saturated rings. The van der Waals surface area contributed by atoms with Gasteiger partial charge in [-0.05, 0) is 19.3 Å². The van der Waals surface area contributed by atoms with Gasteiger partial charge in [-0.1, -0.05) is 6.92 Å². The Labute approximate surface area is 102 Å². The molecule has 0 bridgehead atoms. The molecule has 5 heteroatoms. The molecule has 0 aliphatic carbocycles. The van der Waals surface area contributed by atoms with Gasteiger partial charge in [0.15, 0.2) is 0 Å². The largest absolute Gasteiger partial charge is 0.481 e. The summed E-state index contributed by atoms with van der Waals surface area (Å²) in [4.78, 5) is 23.9. The molecule has 1 saturated heterocycles. The number of aliphatic carboxylic acids is 1. The van der Waals surface area contributed by atoms with Gasteiger partial charge in [-0.2, -0.15) is 0 Å². The number of nitrogens with zero attached hydrogens (tertiary/aromatic N) is 1. The summed E-state index contributed by atoms with van der Waals surface area (Å²) in [6, 6.07) is 0.361. The molecule has 17 heavy (non-hydrogen) atoms. The van der Waals surface area contributed by atoms with Gasteiger partial charge in [-0.25, -0.2) is 0 Å². The van der Waals surface area contributed by atoms with Crippen molar-refractivity contribution in [2.45, 2.75) is 45.1 Å². The van der Waals surface area contributed by atoms with Gasteiger partial charge in [0.25, 0.3) is 0 Å². The van der Waals surface area contributed by atoms with Crippen LogP contribution in [0.4, 0.5) is 0 Å². The summed E-state index contributed by atoms with van der Waals surface area (Å²) in [7, 11) is 0. The number of piperidine rings is 1. The fraction of sp³-hybridized carbons (Fsp3) is 0.833. The second kappa shape index (κ2) is 7.27. The van der Waals surface area contributed by atoms with Crippen LogP contribution in [0, 0.1) is 0 Å². The number of carbonyl (C=O) groups excluding carboxylic acids is 1. The van der Waals surface area contributed by atoms with Crippen molar-refractivity contribution in [3.8, 4) is 0 Å². The molecule has 0 atom stereocenters. The van der Waals surface area contributed by atoms with Gasteiger partial charge in [0.05, 0.1) is 6.42 Å². The summed E-state index contributed by atoms with van der Waals surface area (Å²) >= 11 is 0. The highest BCUT2D eigenvalue weighted by Crippen LogP contribution is 2.11. The molecule has 0 radical (unpaired) electrons. The summed E-state index contributed by atoms with van der Waals surface area (Å²) in [5, 5.41) is 11.7. The molecule has 0 aromatic carbocycles. The van der Waals surface area contributed by atoms with E-state index in [0.717, 1.165) is 32.4 Å². The Kier molecular flexibility index (Phi) is 5.97. The average Bonchev–Trinajstić information content (AvgIpc) is 2.30. The molecular weight excluding hydrogens is 220 g/mol. The number of carboxylic acid groups (broad SMARTS) is 1. The van der Waals surface area contributed by atoms with Crippen LogP contribution in [0.25, 0.3) is 0 Å². The van der Waals surface area contributed by atoms with E-state index >= 15 is 0 Å². The van der Waals surface area contributed by atoms with Crippen molar-refractivity contribution in [3.05, 3.63) is 0 Å². The molecule has 1 aliphatic heterocycles. The van der Waals surface area contributed by atoms with E-state index in [4.69, 9.17) is 5.11 Å². The first-order valence-electron chi connectivity index (χ1n) is 6.36. The van der Waals surface area contributed by atoms with Crippen LogP contribution in [-0.2, 0) is 9.59 Å². The molecule has 2 N–H and O–H groups in total. The summed E-state index contributed by atoms with van der Waals surface area (Å²) in [6.45, 7) is 4.12. The third-order valence-electron chi connectivity index (χ3n) is 3.08.